The topological polar surface area (TPSA) is 62.0 Å². The molecule has 1 aromatic carbocycles. The molecule has 0 spiro atoms. The van der Waals surface area contributed by atoms with Gasteiger partial charge >= 0.3 is 0 Å². The quantitative estimate of drug-likeness (QED) is 0.857. The average Bonchev–Trinajstić information content (AvgIpc) is 2.33. The van der Waals surface area contributed by atoms with Crippen LogP contribution in [0.1, 0.15) is 10.4 Å². The molecule has 0 unspecified atom stereocenters. The maximum Gasteiger partial charge on any atom is 0.261 e. The largest absolute Gasteiger partial charge is 0.327 e. The summed E-state index contributed by atoms with van der Waals surface area (Å²) in [7, 11) is 0. The molecule has 1 heterocycles. The molecule has 0 saturated heterocycles. The zero-order valence-corrected chi connectivity index (χ0v) is 9.49. The number of H-pyrrole nitrogens is 1. The predicted octanol–water partition coefficient (Wildman–Crippen LogP) is 2.28. The van der Waals surface area contributed by atoms with Gasteiger partial charge in [0.15, 0.2) is 0 Å². The molecule has 2 rings (SSSR count). The molecule has 0 saturated carbocycles. The van der Waals surface area contributed by atoms with Crippen molar-refractivity contribution in [2.24, 2.45) is 0 Å². The van der Waals surface area contributed by atoms with Crippen molar-refractivity contribution < 1.29 is 4.79 Å². The Bertz CT molecular complexity index is 593. The zero-order valence-electron chi connectivity index (χ0n) is 8.74. The third-order valence-electron chi connectivity index (χ3n) is 2.14. The van der Waals surface area contributed by atoms with Gasteiger partial charge in [0, 0.05) is 11.9 Å². The number of nitrogens with one attached hydrogen (secondary N) is 2. The van der Waals surface area contributed by atoms with Crippen LogP contribution in [-0.2, 0) is 0 Å². The Kier molecular flexibility index (Phi) is 3.25. The van der Waals surface area contributed by atoms with E-state index in [4.69, 9.17) is 11.6 Å². The van der Waals surface area contributed by atoms with Crippen LogP contribution in [0.15, 0.2) is 47.4 Å². The predicted molar refractivity (Wildman–Crippen MR) is 66.5 cm³/mol. The van der Waals surface area contributed by atoms with E-state index >= 15 is 0 Å². The minimum absolute atomic E-state index is 0.0126. The number of carbonyl (C=O) groups excluding carboxylic acids is 1. The standard InChI is InChI=1S/C12H9ClN2O2/c13-8-6-10(11(16)14-7-8)12(17)15-9-4-2-1-3-5-9/h1-7H,(H,14,16)(H,15,17). The van der Waals surface area contributed by atoms with Crippen molar-refractivity contribution in [3.63, 3.8) is 0 Å². The second kappa shape index (κ2) is 4.84. The number of hydrogen-bond donors (Lipinski definition) is 2. The molecule has 4 nitrogen and oxygen atoms in total. The fraction of sp³-hybridized carbons (Fsp3) is 0. The van der Waals surface area contributed by atoms with Gasteiger partial charge in [0.1, 0.15) is 5.56 Å². The number of halogens is 1. The van der Waals surface area contributed by atoms with Crippen LogP contribution in [0.5, 0.6) is 0 Å². The Balaban J connectivity index is 2.26. The fourth-order valence-electron chi connectivity index (χ4n) is 1.35. The average molecular weight is 249 g/mol. The molecule has 0 bridgehead atoms. The van der Waals surface area contributed by atoms with Crippen molar-refractivity contribution in [2.45, 2.75) is 0 Å². The van der Waals surface area contributed by atoms with Gasteiger partial charge in [-0.3, -0.25) is 9.59 Å². The van der Waals surface area contributed by atoms with Crippen LogP contribution < -0.4 is 10.9 Å². The molecule has 0 aliphatic carbocycles. The number of carbonyl (C=O) groups is 1. The van der Waals surface area contributed by atoms with Crippen LogP contribution in [0.3, 0.4) is 0 Å². The highest BCUT2D eigenvalue weighted by molar-refractivity contribution is 6.30. The molecular formula is C12H9ClN2O2. The van der Waals surface area contributed by atoms with Crippen LogP contribution >= 0.6 is 11.6 Å². The molecule has 0 aliphatic rings. The molecule has 1 amide bonds. The van der Waals surface area contributed by atoms with Gasteiger partial charge in [-0.25, -0.2) is 0 Å². The normalized spacial score (nSPS) is 9.94. The summed E-state index contributed by atoms with van der Waals surface area (Å²) in [5.41, 5.74) is 0.140. The highest BCUT2D eigenvalue weighted by Crippen LogP contribution is 2.09. The van der Waals surface area contributed by atoms with Gasteiger partial charge in [-0.2, -0.15) is 0 Å². The van der Waals surface area contributed by atoms with Crippen molar-refractivity contribution in [3.8, 4) is 0 Å². The van der Waals surface area contributed by atoms with Crippen molar-refractivity contribution in [1.29, 1.82) is 0 Å². The maximum atomic E-state index is 11.8. The molecule has 17 heavy (non-hydrogen) atoms. The second-order valence-corrected chi connectivity index (χ2v) is 3.82. The van der Waals surface area contributed by atoms with Crippen LogP contribution in [0.2, 0.25) is 5.02 Å². The maximum absolute atomic E-state index is 11.8. The van der Waals surface area contributed by atoms with E-state index in [9.17, 15) is 9.59 Å². The van der Waals surface area contributed by atoms with Crippen LogP contribution in [0, 0.1) is 0 Å². The molecule has 0 atom stereocenters. The van der Waals surface area contributed by atoms with Gasteiger partial charge in [-0.1, -0.05) is 29.8 Å². The zero-order chi connectivity index (χ0) is 12.3. The Morgan fingerprint density at radius 1 is 1.24 bits per heavy atom. The summed E-state index contributed by atoms with van der Waals surface area (Å²) in [4.78, 5) is 25.6. The van der Waals surface area contributed by atoms with Gasteiger partial charge in [0.25, 0.3) is 11.5 Å². The molecule has 5 heteroatoms. The lowest BCUT2D eigenvalue weighted by Crippen LogP contribution is -2.22. The molecule has 2 aromatic rings. The van der Waals surface area contributed by atoms with Gasteiger partial charge in [-0.15, -0.1) is 0 Å². The Labute approximate surface area is 102 Å². The van der Waals surface area contributed by atoms with Crippen LogP contribution in [0.4, 0.5) is 5.69 Å². The first-order valence-corrected chi connectivity index (χ1v) is 5.29. The molecule has 0 aliphatic heterocycles. The lowest BCUT2D eigenvalue weighted by atomic mass is 10.2. The van der Waals surface area contributed by atoms with Crippen molar-refractivity contribution in [2.75, 3.05) is 5.32 Å². The summed E-state index contributed by atoms with van der Waals surface area (Å²) in [6.07, 6.45) is 1.34. The Hall–Kier alpha value is -2.07. The van der Waals surface area contributed by atoms with E-state index < -0.39 is 11.5 Å². The fourth-order valence-corrected chi connectivity index (χ4v) is 1.51. The van der Waals surface area contributed by atoms with Crippen molar-refractivity contribution >= 4 is 23.2 Å². The van der Waals surface area contributed by atoms with E-state index in [-0.39, 0.29) is 5.56 Å². The minimum atomic E-state index is -0.486. The molecule has 0 radical (unpaired) electrons. The molecule has 0 fully saturated rings. The van der Waals surface area contributed by atoms with Crippen molar-refractivity contribution in [1.82, 2.24) is 4.98 Å². The number of pyridine rings is 1. The summed E-state index contributed by atoms with van der Waals surface area (Å²) in [6.45, 7) is 0. The summed E-state index contributed by atoms with van der Waals surface area (Å²) in [5.74, 6) is -0.486. The minimum Gasteiger partial charge on any atom is -0.327 e. The summed E-state index contributed by atoms with van der Waals surface area (Å²) >= 11 is 5.71. The number of hydrogen-bond acceptors (Lipinski definition) is 2. The highest BCUT2D eigenvalue weighted by Gasteiger charge is 2.10. The number of amides is 1. The smallest absolute Gasteiger partial charge is 0.261 e. The van der Waals surface area contributed by atoms with E-state index in [1.165, 1.54) is 12.3 Å². The summed E-state index contributed by atoms with van der Waals surface area (Å²) < 4.78 is 0. The number of rotatable bonds is 2. The Morgan fingerprint density at radius 3 is 2.65 bits per heavy atom. The van der Waals surface area contributed by atoms with Gasteiger partial charge < -0.3 is 10.3 Å². The first kappa shape index (κ1) is 11.4. The first-order valence-electron chi connectivity index (χ1n) is 4.91. The molecule has 86 valence electrons. The van der Waals surface area contributed by atoms with E-state index in [0.717, 1.165) is 0 Å². The lowest BCUT2D eigenvalue weighted by molar-refractivity contribution is 0.102. The summed E-state index contributed by atoms with van der Waals surface area (Å²) in [5, 5.41) is 2.92. The first-order chi connectivity index (χ1) is 8.16. The number of para-hydroxylation sites is 1. The monoisotopic (exact) mass is 248 g/mol. The SMILES string of the molecule is O=C(Nc1ccccc1)c1cc(Cl)c[nH]c1=O. The molecule has 2 N–H and O–H groups in total. The summed E-state index contributed by atoms with van der Waals surface area (Å²) in [6, 6.07) is 10.2. The number of aromatic nitrogens is 1. The van der Waals surface area contributed by atoms with E-state index in [2.05, 4.69) is 10.3 Å². The van der Waals surface area contributed by atoms with Crippen LogP contribution in [-0.4, -0.2) is 10.9 Å². The number of benzene rings is 1. The van der Waals surface area contributed by atoms with Crippen molar-refractivity contribution in [3.05, 3.63) is 63.5 Å². The number of anilines is 1. The van der Waals surface area contributed by atoms with E-state index in [1.54, 1.807) is 24.3 Å². The third kappa shape index (κ3) is 2.73. The number of aromatic amines is 1. The van der Waals surface area contributed by atoms with E-state index in [0.29, 0.717) is 10.7 Å². The molecular weight excluding hydrogens is 240 g/mol. The Morgan fingerprint density at radius 2 is 1.94 bits per heavy atom. The van der Waals surface area contributed by atoms with Gasteiger partial charge in [-0.05, 0) is 18.2 Å². The molecule has 1 aromatic heterocycles. The van der Waals surface area contributed by atoms with Crippen LogP contribution in [0.25, 0.3) is 0 Å². The van der Waals surface area contributed by atoms with Gasteiger partial charge in [0.05, 0.1) is 5.02 Å². The lowest BCUT2D eigenvalue weighted by Gasteiger charge is -2.04. The highest BCUT2D eigenvalue weighted by atomic mass is 35.5. The third-order valence-corrected chi connectivity index (χ3v) is 2.36. The van der Waals surface area contributed by atoms with E-state index in [1.807, 2.05) is 6.07 Å². The van der Waals surface area contributed by atoms with Gasteiger partial charge in [0.2, 0.25) is 0 Å². The second-order valence-electron chi connectivity index (χ2n) is 3.38.